The Labute approximate surface area is 245 Å². The fourth-order valence-electron chi connectivity index (χ4n) is 5.86. The van der Waals surface area contributed by atoms with Gasteiger partial charge in [0.05, 0.1) is 24.7 Å². The number of thiophene rings is 1. The van der Waals surface area contributed by atoms with E-state index in [9.17, 15) is 4.79 Å². The minimum atomic E-state index is -0.0286. The third kappa shape index (κ3) is 5.83. The molecule has 0 unspecified atom stereocenters. The molecule has 2 aromatic heterocycles. The van der Waals surface area contributed by atoms with Gasteiger partial charge < -0.3 is 19.9 Å². The molecule has 0 saturated heterocycles. The van der Waals surface area contributed by atoms with Crippen molar-refractivity contribution in [3.05, 3.63) is 75.9 Å². The van der Waals surface area contributed by atoms with Crippen molar-refractivity contribution in [1.82, 2.24) is 19.8 Å². The van der Waals surface area contributed by atoms with E-state index in [-0.39, 0.29) is 11.8 Å². The number of aryl methyl sites for hydroxylation is 1. The molecule has 1 aliphatic heterocycles. The van der Waals surface area contributed by atoms with Crippen molar-refractivity contribution in [2.24, 2.45) is 10.9 Å². The van der Waals surface area contributed by atoms with Gasteiger partial charge in [0.1, 0.15) is 22.7 Å². The summed E-state index contributed by atoms with van der Waals surface area (Å²) in [5.41, 5.74) is 5.55. The first-order valence-electron chi connectivity index (χ1n) is 14.2. The van der Waals surface area contributed by atoms with Crippen LogP contribution in [0.25, 0.3) is 10.2 Å². The van der Waals surface area contributed by atoms with Gasteiger partial charge in [-0.3, -0.25) is 9.79 Å². The maximum absolute atomic E-state index is 13.9. The van der Waals surface area contributed by atoms with E-state index in [4.69, 9.17) is 4.74 Å². The zero-order valence-electron chi connectivity index (χ0n) is 23.9. The predicted octanol–water partition coefficient (Wildman–Crippen LogP) is 5.46. The summed E-state index contributed by atoms with van der Waals surface area (Å²) in [6.45, 7) is 3.05. The molecule has 1 N–H and O–H groups in total. The van der Waals surface area contributed by atoms with Crippen LogP contribution in [0.1, 0.15) is 40.0 Å². The number of nitrogens with one attached hydrogen (secondary N) is 1. The lowest BCUT2D eigenvalue weighted by molar-refractivity contribution is -0.136. The highest BCUT2D eigenvalue weighted by molar-refractivity contribution is 7.19. The van der Waals surface area contributed by atoms with Crippen LogP contribution in [0.3, 0.4) is 0 Å². The minimum absolute atomic E-state index is 0.0286. The van der Waals surface area contributed by atoms with Crippen LogP contribution in [0.15, 0.2) is 53.8 Å². The van der Waals surface area contributed by atoms with Gasteiger partial charge in [-0.2, -0.15) is 0 Å². The summed E-state index contributed by atoms with van der Waals surface area (Å²) in [4.78, 5) is 34.0. The number of nitrogens with zero attached hydrogens (tertiary/aromatic N) is 5. The number of fused-ring (bicyclic) bond motifs is 4. The van der Waals surface area contributed by atoms with Crippen LogP contribution >= 0.6 is 11.3 Å². The summed E-state index contributed by atoms with van der Waals surface area (Å²) in [6, 6.07) is 14.4. The lowest BCUT2D eigenvalue weighted by Gasteiger charge is -2.30. The van der Waals surface area contributed by atoms with Crippen LogP contribution in [-0.4, -0.2) is 66.2 Å². The van der Waals surface area contributed by atoms with E-state index in [0.29, 0.717) is 13.1 Å². The number of aliphatic imine (C=N–C) groups is 1. The molecule has 8 nitrogen and oxygen atoms in total. The average Bonchev–Trinajstić information content (AvgIpc) is 3.60. The lowest BCUT2D eigenvalue weighted by atomic mass is 9.86. The number of benzene rings is 2. The van der Waals surface area contributed by atoms with Crippen molar-refractivity contribution in [2.75, 3.05) is 39.6 Å². The van der Waals surface area contributed by atoms with Gasteiger partial charge in [-0.1, -0.05) is 30.3 Å². The Hall–Kier alpha value is -3.82. The standard InChI is InChI=1S/C32H36N6O2S/c1-37(2)12-7-13-38(19-21-8-5-4-6-9-21)32(39)22-10-11-25-28(16-22)41-31-29(25)30(34-20-35-31)36-26-14-23-17-33-18-24(23)15-27(26)40-3/h4-6,8-9,14-15,17,20,22H,7,10-13,16,18-19H2,1-3H3,(H,34,35,36)/t22-/m0/s1. The summed E-state index contributed by atoms with van der Waals surface area (Å²) in [6.07, 6.45) is 6.87. The molecule has 0 spiro atoms. The average molecular weight is 569 g/mol. The Kier molecular flexibility index (Phi) is 7.98. The molecule has 1 aliphatic carbocycles. The number of carbonyl (C=O) groups excluding carboxylic acids is 1. The van der Waals surface area contributed by atoms with Gasteiger partial charge in [-0.15, -0.1) is 11.3 Å². The molecule has 3 heterocycles. The van der Waals surface area contributed by atoms with E-state index in [1.807, 2.05) is 30.5 Å². The van der Waals surface area contributed by atoms with Crippen LogP contribution in [0.4, 0.5) is 11.5 Å². The van der Waals surface area contributed by atoms with Crippen LogP contribution in [0.5, 0.6) is 5.75 Å². The summed E-state index contributed by atoms with van der Waals surface area (Å²) in [5.74, 6) is 1.77. The summed E-state index contributed by atoms with van der Waals surface area (Å²) >= 11 is 1.69. The highest BCUT2D eigenvalue weighted by Gasteiger charge is 2.32. The highest BCUT2D eigenvalue weighted by atomic mass is 32.1. The maximum atomic E-state index is 13.9. The number of anilines is 2. The molecule has 9 heteroatoms. The quantitative estimate of drug-likeness (QED) is 0.274. The van der Waals surface area contributed by atoms with Gasteiger partial charge in [0.2, 0.25) is 5.91 Å². The molecule has 4 aromatic rings. The molecule has 2 aliphatic rings. The van der Waals surface area contributed by atoms with Crippen LogP contribution < -0.4 is 10.1 Å². The molecule has 41 heavy (non-hydrogen) atoms. The summed E-state index contributed by atoms with van der Waals surface area (Å²) < 4.78 is 5.69. The third-order valence-corrected chi connectivity index (χ3v) is 9.12. The lowest BCUT2D eigenvalue weighted by Crippen LogP contribution is -2.39. The number of hydrogen-bond acceptors (Lipinski definition) is 8. The molecule has 1 atom stereocenters. The van der Waals surface area contributed by atoms with E-state index in [1.54, 1.807) is 24.8 Å². The Balaban J connectivity index is 1.24. The second kappa shape index (κ2) is 12.0. The molecule has 212 valence electrons. The molecule has 0 fully saturated rings. The van der Waals surface area contributed by atoms with Gasteiger partial charge in [0.15, 0.2) is 0 Å². The molecule has 2 aromatic carbocycles. The SMILES string of the molecule is COc1cc2c(cc1Nc1ncnc3sc4c(c13)CC[C@H](C(=O)N(CCCN(C)C)Cc1ccccc1)C4)C=NC2. The second-order valence-corrected chi connectivity index (χ2v) is 12.2. The van der Waals surface area contributed by atoms with Crippen LogP contribution in [0, 0.1) is 5.92 Å². The number of aromatic nitrogens is 2. The van der Waals surface area contributed by atoms with Crippen molar-refractivity contribution in [2.45, 2.75) is 38.8 Å². The van der Waals surface area contributed by atoms with E-state index in [2.05, 4.69) is 62.4 Å². The molecule has 1 amide bonds. The van der Waals surface area contributed by atoms with Crippen molar-refractivity contribution < 1.29 is 9.53 Å². The number of hydrogen-bond donors (Lipinski definition) is 1. The first kappa shape index (κ1) is 27.4. The Morgan fingerprint density at radius 3 is 2.80 bits per heavy atom. The Bertz CT molecular complexity index is 1580. The summed E-state index contributed by atoms with van der Waals surface area (Å²) in [5, 5.41) is 4.59. The predicted molar refractivity (Wildman–Crippen MR) is 166 cm³/mol. The largest absolute Gasteiger partial charge is 0.495 e. The van der Waals surface area contributed by atoms with Gasteiger partial charge in [0.25, 0.3) is 0 Å². The maximum Gasteiger partial charge on any atom is 0.226 e. The van der Waals surface area contributed by atoms with Crippen LogP contribution in [-0.2, 0) is 30.7 Å². The molecule has 0 radical (unpaired) electrons. The topological polar surface area (TPSA) is 82.9 Å². The van der Waals surface area contributed by atoms with Gasteiger partial charge in [-0.25, -0.2) is 9.97 Å². The van der Waals surface area contributed by atoms with Crippen molar-refractivity contribution in [1.29, 1.82) is 0 Å². The normalized spacial score (nSPS) is 15.7. The van der Waals surface area contributed by atoms with Crippen molar-refractivity contribution in [3.63, 3.8) is 0 Å². The first-order chi connectivity index (χ1) is 20.0. The summed E-state index contributed by atoms with van der Waals surface area (Å²) in [7, 11) is 5.84. The third-order valence-electron chi connectivity index (χ3n) is 7.96. The zero-order valence-corrected chi connectivity index (χ0v) is 24.7. The number of amides is 1. The molecule has 0 bridgehead atoms. The van der Waals surface area contributed by atoms with E-state index < -0.39 is 0 Å². The fourth-order valence-corrected chi connectivity index (χ4v) is 7.12. The van der Waals surface area contributed by atoms with Crippen molar-refractivity contribution >= 4 is 45.2 Å². The van der Waals surface area contributed by atoms with Gasteiger partial charge in [0, 0.05) is 30.1 Å². The smallest absolute Gasteiger partial charge is 0.226 e. The molecular weight excluding hydrogens is 532 g/mol. The van der Waals surface area contributed by atoms with Gasteiger partial charge >= 0.3 is 0 Å². The van der Waals surface area contributed by atoms with Crippen molar-refractivity contribution in [3.8, 4) is 5.75 Å². The Morgan fingerprint density at radius 1 is 1.15 bits per heavy atom. The highest BCUT2D eigenvalue weighted by Crippen LogP contribution is 2.42. The van der Waals surface area contributed by atoms with E-state index in [0.717, 1.165) is 77.4 Å². The fraction of sp³-hybridized carbons (Fsp3) is 0.375. The first-order valence-corrected chi connectivity index (χ1v) is 15.0. The molecule has 0 saturated carbocycles. The monoisotopic (exact) mass is 568 g/mol. The second-order valence-electron chi connectivity index (χ2n) is 11.1. The van der Waals surface area contributed by atoms with E-state index >= 15 is 0 Å². The van der Waals surface area contributed by atoms with E-state index in [1.165, 1.54) is 16.0 Å². The minimum Gasteiger partial charge on any atom is -0.495 e. The number of methoxy groups -OCH3 is 1. The molecule has 6 rings (SSSR count). The van der Waals surface area contributed by atoms with Crippen LogP contribution in [0.2, 0.25) is 0 Å². The molecular formula is C32H36N6O2S. The number of ether oxygens (including phenoxy) is 1. The zero-order chi connectivity index (χ0) is 28.3. The van der Waals surface area contributed by atoms with Gasteiger partial charge in [-0.05, 0) is 80.7 Å². The number of rotatable bonds is 10. The Morgan fingerprint density at radius 2 is 2.00 bits per heavy atom. The number of carbonyl (C=O) groups is 1.